The van der Waals surface area contributed by atoms with Crippen molar-refractivity contribution in [3.8, 4) is 0 Å². The van der Waals surface area contributed by atoms with Crippen LogP contribution in [0.4, 0.5) is 35.1 Å². The van der Waals surface area contributed by atoms with Crippen LogP contribution in [0.25, 0.3) is 0 Å². The predicted octanol–water partition coefficient (Wildman–Crippen LogP) is 3.22. The molecular formula is C13H15F8NO4S. The largest absolute Gasteiger partial charge is 0.466 e. The highest BCUT2D eigenvalue weighted by molar-refractivity contribution is 7.81. The van der Waals surface area contributed by atoms with E-state index in [9.17, 15) is 44.7 Å². The lowest BCUT2D eigenvalue weighted by atomic mass is 10.2. The fourth-order valence-electron chi connectivity index (χ4n) is 1.32. The van der Waals surface area contributed by atoms with E-state index in [1.54, 1.807) is 5.32 Å². The van der Waals surface area contributed by atoms with Crippen LogP contribution in [-0.2, 0) is 19.1 Å². The Bertz CT molecular complexity index is 570. The summed E-state index contributed by atoms with van der Waals surface area (Å²) < 4.78 is 111. The lowest BCUT2D eigenvalue weighted by Crippen LogP contribution is -2.62. The first-order valence-corrected chi connectivity index (χ1v) is 7.37. The summed E-state index contributed by atoms with van der Waals surface area (Å²) in [5.74, 6) is -10.3. The molecule has 0 saturated heterocycles. The van der Waals surface area contributed by atoms with E-state index < -0.39 is 59.9 Å². The predicted molar refractivity (Wildman–Crippen MR) is 77.8 cm³/mol. The van der Waals surface area contributed by atoms with Gasteiger partial charge in [-0.3, -0.25) is 4.79 Å². The van der Waals surface area contributed by atoms with Crippen molar-refractivity contribution < 1.29 is 54.2 Å². The third kappa shape index (κ3) is 7.52. The molecule has 1 amide bonds. The Morgan fingerprint density at radius 3 is 1.89 bits per heavy atom. The van der Waals surface area contributed by atoms with Gasteiger partial charge in [-0.2, -0.15) is 35.1 Å². The zero-order valence-corrected chi connectivity index (χ0v) is 14.7. The number of rotatable bonds is 8. The monoisotopic (exact) mass is 433 g/mol. The Hall–Kier alpha value is -1.57. The van der Waals surface area contributed by atoms with Crippen LogP contribution >= 0.6 is 12.6 Å². The molecule has 0 aromatic carbocycles. The van der Waals surface area contributed by atoms with Crippen LogP contribution in [0.3, 0.4) is 0 Å². The van der Waals surface area contributed by atoms with E-state index in [1.165, 1.54) is 13.8 Å². The zero-order chi connectivity index (χ0) is 21.8. The van der Waals surface area contributed by atoms with Gasteiger partial charge in [-0.1, -0.05) is 20.4 Å². The van der Waals surface area contributed by atoms with Gasteiger partial charge in [-0.05, 0) is 5.92 Å². The standard InChI is InChI=1S/C13H15F8NO4S/c1-6(2)4-22-9(24)11(13(19,20)21,25-5-10(14,15)27)26-8(23)7(3)12(16,17)18/h6,27H,3-5H2,1-2H3,(H,22,24). The Kier molecular flexibility index (Phi) is 8.12. The SMILES string of the molecule is C=C(C(=O)OC(OCC(F)(F)S)(C(=O)NCC(C)C)C(F)(F)F)C(F)(F)F. The molecule has 1 N–H and O–H groups in total. The maximum Gasteiger partial charge on any atom is 0.466 e. The van der Waals surface area contributed by atoms with Crippen LogP contribution in [0.5, 0.6) is 0 Å². The van der Waals surface area contributed by atoms with Gasteiger partial charge in [0.2, 0.25) is 0 Å². The average molecular weight is 433 g/mol. The van der Waals surface area contributed by atoms with Crippen LogP contribution in [-0.4, -0.2) is 48.4 Å². The molecule has 0 aliphatic rings. The number of alkyl halides is 8. The Balaban J connectivity index is 6.02. The number of hydrogen-bond donors (Lipinski definition) is 2. The summed E-state index contributed by atoms with van der Waals surface area (Å²) in [5, 5.41) is -2.63. The fraction of sp³-hybridized carbons (Fsp3) is 0.692. The number of amides is 1. The molecule has 27 heavy (non-hydrogen) atoms. The molecule has 0 bridgehead atoms. The summed E-state index contributed by atoms with van der Waals surface area (Å²) in [6, 6.07) is 0. The van der Waals surface area contributed by atoms with Gasteiger partial charge in [-0.25, -0.2) is 4.79 Å². The number of hydrogen-bond acceptors (Lipinski definition) is 5. The molecule has 0 aliphatic heterocycles. The van der Waals surface area contributed by atoms with Crippen molar-refractivity contribution >= 4 is 24.5 Å². The third-order valence-electron chi connectivity index (χ3n) is 2.62. The highest BCUT2D eigenvalue weighted by Crippen LogP contribution is 2.38. The summed E-state index contributed by atoms with van der Waals surface area (Å²) in [7, 11) is 0. The summed E-state index contributed by atoms with van der Waals surface area (Å²) in [6.07, 6.45) is -11.5. The van der Waals surface area contributed by atoms with Gasteiger partial charge in [0, 0.05) is 6.54 Å². The normalized spacial score (nSPS) is 15.3. The second kappa shape index (κ2) is 8.63. The molecule has 0 rings (SSSR count). The minimum Gasteiger partial charge on any atom is -0.412 e. The molecule has 0 spiro atoms. The van der Waals surface area contributed by atoms with Gasteiger partial charge in [-0.15, -0.1) is 12.6 Å². The fourth-order valence-corrected chi connectivity index (χ4v) is 1.38. The first-order valence-electron chi connectivity index (χ1n) is 6.92. The van der Waals surface area contributed by atoms with E-state index in [0.717, 1.165) is 0 Å². The van der Waals surface area contributed by atoms with Gasteiger partial charge in [0.15, 0.2) is 0 Å². The minimum absolute atomic E-state index is 0.452. The molecule has 0 fully saturated rings. The Morgan fingerprint density at radius 2 is 1.56 bits per heavy atom. The topological polar surface area (TPSA) is 64.6 Å². The highest BCUT2D eigenvalue weighted by Gasteiger charge is 2.67. The number of ether oxygens (including phenoxy) is 2. The first-order chi connectivity index (χ1) is 11.8. The highest BCUT2D eigenvalue weighted by atomic mass is 32.1. The van der Waals surface area contributed by atoms with Crippen molar-refractivity contribution in [2.24, 2.45) is 5.92 Å². The molecule has 14 heteroatoms. The summed E-state index contributed by atoms with van der Waals surface area (Å²) in [6.45, 7) is 2.42. The number of thiol groups is 1. The number of carbonyl (C=O) groups excluding carboxylic acids is 2. The van der Waals surface area contributed by atoms with Crippen LogP contribution in [0, 0.1) is 5.92 Å². The first kappa shape index (κ1) is 25.4. The van der Waals surface area contributed by atoms with Gasteiger partial charge in [0.25, 0.3) is 0 Å². The number of nitrogens with one attached hydrogen (secondary N) is 1. The van der Waals surface area contributed by atoms with Crippen LogP contribution in [0.2, 0.25) is 0 Å². The molecule has 0 aromatic rings. The third-order valence-corrected chi connectivity index (χ3v) is 2.75. The molecular weight excluding hydrogens is 418 g/mol. The van der Waals surface area contributed by atoms with Crippen molar-refractivity contribution in [2.45, 2.75) is 37.2 Å². The Morgan fingerprint density at radius 1 is 1.07 bits per heavy atom. The lowest BCUT2D eigenvalue weighted by molar-refractivity contribution is -0.352. The van der Waals surface area contributed by atoms with Crippen LogP contribution in [0.1, 0.15) is 13.8 Å². The van der Waals surface area contributed by atoms with Gasteiger partial charge in [0.1, 0.15) is 12.2 Å². The lowest BCUT2D eigenvalue weighted by Gasteiger charge is -2.34. The minimum atomic E-state index is -6.02. The zero-order valence-electron chi connectivity index (χ0n) is 13.8. The van der Waals surface area contributed by atoms with Crippen LogP contribution in [0.15, 0.2) is 12.2 Å². The number of esters is 1. The maximum atomic E-state index is 13.4. The second-order valence-corrected chi connectivity index (χ2v) is 6.19. The molecule has 158 valence electrons. The van der Waals surface area contributed by atoms with Gasteiger partial charge in [0.05, 0.1) is 0 Å². The molecule has 0 aliphatic carbocycles. The summed E-state index contributed by atoms with van der Waals surface area (Å²) in [5.41, 5.74) is -2.41. The van der Waals surface area contributed by atoms with Crippen LogP contribution < -0.4 is 5.32 Å². The van der Waals surface area contributed by atoms with Crippen molar-refractivity contribution in [1.82, 2.24) is 5.32 Å². The van der Waals surface area contributed by atoms with E-state index in [2.05, 4.69) is 28.7 Å². The smallest absolute Gasteiger partial charge is 0.412 e. The van der Waals surface area contributed by atoms with E-state index in [1.807, 2.05) is 0 Å². The van der Waals surface area contributed by atoms with E-state index >= 15 is 0 Å². The molecule has 0 radical (unpaired) electrons. The molecule has 1 atom stereocenters. The van der Waals surface area contributed by atoms with Gasteiger partial charge < -0.3 is 14.8 Å². The number of halogens is 8. The van der Waals surface area contributed by atoms with Crippen molar-refractivity contribution in [3.63, 3.8) is 0 Å². The average Bonchev–Trinajstić information content (AvgIpc) is 2.44. The Labute approximate surface area is 153 Å². The van der Waals surface area contributed by atoms with E-state index in [-0.39, 0.29) is 0 Å². The number of carbonyl (C=O) groups is 2. The van der Waals surface area contributed by atoms with Crippen molar-refractivity contribution in [1.29, 1.82) is 0 Å². The second-order valence-electron chi connectivity index (χ2n) is 5.54. The molecule has 0 heterocycles. The molecule has 0 saturated carbocycles. The summed E-state index contributed by atoms with van der Waals surface area (Å²) >= 11 is 2.60. The van der Waals surface area contributed by atoms with Gasteiger partial charge >= 0.3 is 35.3 Å². The van der Waals surface area contributed by atoms with Crippen molar-refractivity contribution in [3.05, 3.63) is 12.2 Å². The quantitative estimate of drug-likeness (QED) is 0.203. The maximum absolute atomic E-state index is 13.4. The van der Waals surface area contributed by atoms with E-state index in [0.29, 0.717) is 0 Å². The molecule has 5 nitrogen and oxygen atoms in total. The van der Waals surface area contributed by atoms with Crippen molar-refractivity contribution in [2.75, 3.05) is 13.2 Å². The molecule has 0 aromatic heterocycles. The summed E-state index contributed by atoms with van der Waals surface area (Å²) in [4.78, 5) is 23.3. The molecule has 1 unspecified atom stereocenters. The van der Waals surface area contributed by atoms with E-state index in [4.69, 9.17) is 0 Å².